The zero-order valence-electron chi connectivity index (χ0n) is 13.6. The quantitative estimate of drug-likeness (QED) is 0.795. The van der Waals surface area contributed by atoms with Gasteiger partial charge in [-0.2, -0.15) is 4.98 Å². The summed E-state index contributed by atoms with van der Waals surface area (Å²) < 4.78 is 7.77. The third-order valence-electron chi connectivity index (χ3n) is 4.70. The first-order valence-corrected chi connectivity index (χ1v) is 8.16. The van der Waals surface area contributed by atoms with Crippen molar-refractivity contribution in [3.8, 4) is 5.88 Å². The summed E-state index contributed by atoms with van der Waals surface area (Å²) in [4.78, 5) is 13.1. The van der Waals surface area contributed by atoms with Crippen molar-refractivity contribution in [3.05, 3.63) is 24.7 Å². The van der Waals surface area contributed by atoms with E-state index in [0.717, 1.165) is 23.0 Å². The fourth-order valence-corrected chi connectivity index (χ4v) is 3.51. The van der Waals surface area contributed by atoms with Crippen LogP contribution in [0.3, 0.4) is 0 Å². The number of rotatable bonds is 5. The fourth-order valence-electron chi connectivity index (χ4n) is 3.51. The molecule has 0 saturated heterocycles. The summed E-state index contributed by atoms with van der Waals surface area (Å²) in [5.41, 5.74) is 1.66. The molecule has 116 valence electrons. The predicted octanol–water partition coefficient (Wildman–Crippen LogP) is 2.35. The largest absolute Gasteiger partial charge is 0.476 e. The van der Waals surface area contributed by atoms with E-state index in [2.05, 4.69) is 46.3 Å². The van der Waals surface area contributed by atoms with Crippen molar-refractivity contribution >= 4 is 19.0 Å². The van der Waals surface area contributed by atoms with E-state index >= 15 is 0 Å². The Morgan fingerprint density at radius 1 is 1.36 bits per heavy atom. The van der Waals surface area contributed by atoms with Gasteiger partial charge in [0.1, 0.15) is 14.2 Å². The molecule has 0 N–H and O–H groups in total. The first-order valence-electron chi connectivity index (χ1n) is 8.16. The number of hydrogen-bond donors (Lipinski definition) is 0. The van der Waals surface area contributed by atoms with Gasteiger partial charge in [0.2, 0.25) is 5.88 Å². The van der Waals surface area contributed by atoms with E-state index in [4.69, 9.17) is 4.74 Å². The van der Waals surface area contributed by atoms with Gasteiger partial charge in [-0.1, -0.05) is 13.0 Å². The molecular weight excluding hydrogens is 275 g/mol. The molecule has 1 saturated carbocycles. The molecule has 22 heavy (non-hydrogen) atoms. The standard InChI is InChI=1S/C16H23BN4O/c1-3-22-16-14-15(18-9-19-16)21(10-20-14)13-7-11(2)12(8-13)5-4-6-17/h4,6,9-13H,3,5,7-8,17H2,1-2H3/b6-4-. The number of fused-ring (bicyclic) bond motifs is 1. The summed E-state index contributed by atoms with van der Waals surface area (Å²) in [6.45, 7) is 4.90. The molecule has 3 unspecified atom stereocenters. The van der Waals surface area contributed by atoms with Crippen molar-refractivity contribution in [2.45, 2.75) is 39.2 Å². The first kappa shape index (κ1) is 15.1. The van der Waals surface area contributed by atoms with Gasteiger partial charge >= 0.3 is 0 Å². The van der Waals surface area contributed by atoms with Crippen LogP contribution in [0.5, 0.6) is 5.88 Å². The van der Waals surface area contributed by atoms with Crippen LogP contribution in [0.1, 0.15) is 39.2 Å². The van der Waals surface area contributed by atoms with E-state index < -0.39 is 0 Å². The molecule has 5 nitrogen and oxygen atoms in total. The maximum absolute atomic E-state index is 5.55. The van der Waals surface area contributed by atoms with Crippen LogP contribution in [0.4, 0.5) is 0 Å². The molecule has 3 atom stereocenters. The molecule has 0 amide bonds. The second-order valence-electron chi connectivity index (χ2n) is 6.10. The number of ether oxygens (including phenoxy) is 1. The lowest BCUT2D eigenvalue weighted by Crippen LogP contribution is -2.05. The van der Waals surface area contributed by atoms with Crippen LogP contribution in [-0.2, 0) is 0 Å². The minimum Gasteiger partial charge on any atom is -0.476 e. The highest BCUT2D eigenvalue weighted by molar-refractivity contribution is 6.16. The average Bonchev–Trinajstić information content (AvgIpc) is 3.09. The minimum atomic E-state index is 0.472. The third kappa shape index (κ3) is 2.74. The summed E-state index contributed by atoms with van der Waals surface area (Å²) in [5.74, 6) is 4.20. The highest BCUT2D eigenvalue weighted by Crippen LogP contribution is 2.42. The summed E-state index contributed by atoms with van der Waals surface area (Å²) in [6, 6.07) is 0.472. The first-order chi connectivity index (χ1) is 10.7. The van der Waals surface area contributed by atoms with Crippen LogP contribution in [0.25, 0.3) is 11.2 Å². The van der Waals surface area contributed by atoms with Crippen molar-refractivity contribution in [2.75, 3.05) is 6.61 Å². The summed E-state index contributed by atoms with van der Waals surface area (Å²) in [5, 5.41) is 0. The van der Waals surface area contributed by atoms with Gasteiger partial charge in [0.15, 0.2) is 11.2 Å². The molecule has 3 rings (SSSR count). The monoisotopic (exact) mass is 298 g/mol. The van der Waals surface area contributed by atoms with Crippen molar-refractivity contribution in [1.82, 2.24) is 19.5 Å². The minimum absolute atomic E-state index is 0.472. The van der Waals surface area contributed by atoms with Crippen LogP contribution in [0, 0.1) is 11.8 Å². The van der Waals surface area contributed by atoms with Gasteiger partial charge in [0.25, 0.3) is 0 Å². The van der Waals surface area contributed by atoms with Gasteiger partial charge in [-0.15, -0.1) is 5.98 Å². The molecular formula is C16H23BN4O. The van der Waals surface area contributed by atoms with Gasteiger partial charge in [-0.25, -0.2) is 9.97 Å². The number of nitrogens with zero attached hydrogens (tertiary/aromatic N) is 4. The Hall–Kier alpha value is -1.85. The van der Waals surface area contributed by atoms with Gasteiger partial charge in [0.05, 0.1) is 12.9 Å². The van der Waals surface area contributed by atoms with E-state index in [-0.39, 0.29) is 0 Å². The lowest BCUT2D eigenvalue weighted by Gasteiger charge is -2.13. The molecule has 1 aliphatic carbocycles. The van der Waals surface area contributed by atoms with E-state index in [1.807, 2.05) is 13.3 Å². The highest BCUT2D eigenvalue weighted by atomic mass is 16.5. The van der Waals surface area contributed by atoms with Gasteiger partial charge in [-0.05, 0) is 38.0 Å². The molecule has 1 fully saturated rings. The number of hydrogen-bond acceptors (Lipinski definition) is 4. The van der Waals surface area contributed by atoms with E-state index in [1.165, 1.54) is 19.3 Å². The van der Waals surface area contributed by atoms with Crippen molar-refractivity contribution < 1.29 is 4.74 Å². The van der Waals surface area contributed by atoms with Gasteiger partial charge in [0, 0.05) is 6.04 Å². The van der Waals surface area contributed by atoms with E-state index in [1.54, 1.807) is 6.33 Å². The third-order valence-corrected chi connectivity index (χ3v) is 4.70. The van der Waals surface area contributed by atoms with Crippen LogP contribution in [-0.4, -0.2) is 34.0 Å². The topological polar surface area (TPSA) is 52.8 Å². The molecule has 0 radical (unpaired) electrons. The SMILES string of the molecule is B/C=C\CC1CC(n2cnc3c(OCC)ncnc32)CC1C. The molecule has 2 heterocycles. The number of allylic oxidation sites excluding steroid dienone is 1. The normalized spacial score (nSPS) is 25.3. The predicted molar refractivity (Wildman–Crippen MR) is 89.7 cm³/mol. The van der Waals surface area contributed by atoms with Crippen molar-refractivity contribution in [1.29, 1.82) is 0 Å². The molecule has 0 aromatic carbocycles. The molecule has 1 aliphatic rings. The van der Waals surface area contributed by atoms with Gasteiger partial charge < -0.3 is 9.30 Å². The summed E-state index contributed by atoms with van der Waals surface area (Å²) in [6.07, 6.45) is 9.29. The zero-order chi connectivity index (χ0) is 15.5. The van der Waals surface area contributed by atoms with E-state index in [0.29, 0.717) is 18.5 Å². The Balaban J connectivity index is 1.87. The highest BCUT2D eigenvalue weighted by Gasteiger charge is 2.32. The van der Waals surface area contributed by atoms with Crippen molar-refractivity contribution in [2.24, 2.45) is 11.8 Å². The van der Waals surface area contributed by atoms with Crippen molar-refractivity contribution in [3.63, 3.8) is 0 Å². The molecule has 6 heteroatoms. The van der Waals surface area contributed by atoms with Crippen LogP contribution >= 0.6 is 0 Å². The second kappa shape index (κ2) is 6.50. The average molecular weight is 298 g/mol. The maximum atomic E-state index is 5.55. The molecule has 0 bridgehead atoms. The lowest BCUT2D eigenvalue weighted by molar-refractivity contribution is 0.330. The Morgan fingerprint density at radius 3 is 3.00 bits per heavy atom. The van der Waals surface area contributed by atoms with Crippen LogP contribution in [0.2, 0.25) is 0 Å². The van der Waals surface area contributed by atoms with Gasteiger partial charge in [-0.3, -0.25) is 0 Å². The second-order valence-corrected chi connectivity index (χ2v) is 6.10. The smallest absolute Gasteiger partial charge is 0.245 e. The fraction of sp³-hybridized carbons (Fsp3) is 0.562. The lowest BCUT2D eigenvalue weighted by atomic mass is 9.93. The summed E-state index contributed by atoms with van der Waals surface area (Å²) in [7, 11) is 2.09. The Kier molecular flexibility index (Phi) is 4.45. The molecule has 0 aliphatic heterocycles. The molecule has 2 aromatic heterocycles. The Bertz CT molecular complexity index is 669. The van der Waals surface area contributed by atoms with Crippen LogP contribution < -0.4 is 4.74 Å². The Labute approximate surface area is 132 Å². The van der Waals surface area contributed by atoms with Crippen LogP contribution in [0.15, 0.2) is 24.7 Å². The molecule has 0 spiro atoms. The number of aromatic nitrogens is 4. The Morgan fingerprint density at radius 2 is 2.23 bits per heavy atom. The summed E-state index contributed by atoms with van der Waals surface area (Å²) >= 11 is 0. The number of imidazole rings is 1. The zero-order valence-corrected chi connectivity index (χ0v) is 13.6. The van der Waals surface area contributed by atoms with E-state index in [9.17, 15) is 0 Å². The molecule has 2 aromatic rings. The maximum Gasteiger partial charge on any atom is 0.245 e.